The van der Waals surface area contributed by atoms with Gasteiger partial charge in [0.2, 0.25) is 11.8 Å². The summed E-state index contributed by atoms with van der Waals surface area (Å²) >= 11 is 0. The van der Waals surface area contributed by atoms with Crippen LogP contribution in [-0.4, -0.2) is 59.0 Å². The van der Waals surface area contributed by atoms with Gasteiger partial charge >= 0.3 is 0 Å². The Morgan fingerprint density at radius 2 is 1.89 bits per heavy atom. The summed E-state index contributed by atoms with van der Waals surface area (Å²) in [6.45, 7) is 3.81. The van der Waals surface area contributed by atoms with E-state index in [1.165, 1.54) is 12.5 Å². The second-order valence-electron chi connectivity index (χ2n) is 7.30. The number of hydrogen-bond acceptors (Lipinski definition) is 3. The lowest BCUT2D eigenvalue weighted by Gasteiger charge is -2.27. The van der Waals surface area contributed by atoms with E-state index >= 15 is 0 Å². The molecule has 1 aromatic carbocycles. The highest BCUT2D eigenvalue weighted by Crippen LogP contribution is 2.29. The average molecular weight is 383 g/mol. The number of carbonyl (C=O) groups excluding carboxylic acids is 2. The molecule has 1 aromatic heterocycles. The SMILES string of the molecule is COCCN(CC(=O)N(Cc1cccn1Cc1ccccc1)C1CC1)C(C)=O. The molecule has 2 amide bonds. The summed E-state index contributed by atoms with van der Waals surface area (Å²) in [5.41, 5.74) is 2.34. The van der Waals surface area contributed by atoms with Crippen molar-refractivity contribution in [3.63, 3.8) is 0 Å². The van der Waals surface area contributed by atoms with Crippen molar-refractivity contribution in [3.05, 3.63) is 59.9 Å². The molecule has 1 fully saturated rings. The molecule has 150 valence electrons. The third-order valence-corrected chi connectivity index (χ3v) is 5.10. The molecule has 2 aromatic rings. The number of aromatic nitrogens is 1. The number of nitrogens with zero attached hydrogens (tertiary/aromatic N) is 3. The van der Waals surface area contributed by atoms with Gasteiger partial charge in [-0.05, 0) is 30.5 Å². The zero-order valence-corrected chi connectivity index (χ0v) is 16.7. The van der Waals surface area contributed by atoms with Gasteiger partial charge in [0.05, 0.1) is 19.7 Å². The van der Waals surface area contributed by atoms with Crippen molar-refractivity contribution in [1.29, 1.82) is 0 Å². The van der Waals surface area contributed by atoms with Gasteiger partial charge < -0.3 is 19.1 Å². The van der Waals surface area contributed by atoms with E-state index in [1.54, 1.807) is 12.0 Å². The highest BCUT2D eigenvalue weighted by atomic mass is 16.5. The van der Waals surface area contributed by atoms with Crippen LogP contribution in [0.5, 0.6) is 0 Å². The maximum absolute atomic E-state index is 13.0. The van der Waals surface area contributed by atoms with Gasteiger partial charge in [0.1, 0.15) is 0 Å². The smallest absolute Gasteiger partial charge is 0.242 e. The Bertz CT molecular complexity index is 783. The van der Waals surface area contributed by atoms with Gasteiger partial charge in [-0.2, -0.15) is 0 Å². The lowest BCUT2D eigenvalue weighted by molar-refractivity contribution is -0.140. The average Bonchev–Trinajstić information content (AvgIpc) is 3.44. The number of hydrogen-bond donors (Lipinski definition) is 0. The highest BCUT2D eigenvalue weighted by Gasteiger charge is 2.33. The molecule has 0 unspecified atom stereocenters. The molecule has 0 spiro atoms. The summed E-state index contributed by atoms with van der Waals surface area (Å²) in [7, 11) is 1.59. The zero-order valence-electron chi connectivity index (χ0n) is 16.7. The zero-order chi connectivity index (χ0) is 19.9. The van der Waals surface area contributed by atoms with Crippen molar-refractivity contribution in [2.45, 2.75) is 38.9 Å². The monoisotopic (exact) mass is 383 g/mol. The molecule has 1 aliphatic rings. The second kappa shape index (κ2) is 9.55. The van der Waals surface area contributed by atoms with Gasteiger partial charge in [0.25, 0.3) is 0 Å². The molecule has 0 atom stereocenters. The first-order chi connectivity index (χ1) is 13.6. The topological polar surface area (TPSA) is 54.8 Å². The first kappa shape index (κ1) is 20.1. The van der Waals surface area contributed by atoms with Crippen molar-refractivity contribution in [2.75, 3.05) is 26.8 Å². The van der Waals surface area contributed by atoms with Crippen molar-refractivity contribution < 1.29 is 14.3 Å². The molecule has 0 radical (unpaired) electrons. The summed E-state index contributed by atoms with van der Waals surface area (Å²) in [6, 6.07) is 14.7. The van der Waals surface area contributed by atoms with Crippen LogP contribution in [0.15, 0.2) is 48.7 Å². The molecule has 0 aliphatic heterocycles. The maximum Gasteiger partial charge on any atom is 0.242 e. The number of methoxy groups -OCH3 is 1. The van der Waals surface area contributed by atoms with Crippen LogP contribution in [0.4, 0.5) is 0 Å². The molecule has 0 N–H and O–H groups in total. The van der Waals surface area contributed by atoms with Crippen molar-refractivity contribution >= 4 is 11.8 Å². The van der Waals surface area contributed by atoms with Gasteiger partial charge in [-0.25, -0.2) is 0 Å². The summed E-state index contributed by atoms with van der Waals surface area (Å²) < 4.78 is 7.25. The molecular weight excluding hydrogens is 354 g/mol. The normalized spacial score (nSPS) is 13.4. The third-order valence-electron chi connectivity index (χ3n) is 5.10. The minimum Gasteiger partial charge on any atom is -0.383 e. The van der Waals surface area contributed by atoms with Gasteiger partial charge in [-0.15, -0.1) is 0 Å². The predicted octanol–water partition coefficient (Wildman–Crippen LogP) is 2.52. The number of rotatable bonds is 10. The van der Waals surface area contributed by atoms with Crippen LogP contribution in [0, 0.1) is 0 Å². The van der Waals surface area contributed by atoms with Crippen molar-refractivity contribution in [3.8, 4) is 0 Å². The summed E-state index contributed by atoms with van der Waals surface area (Å²) in [5.74, 6) is -0.102. The predicted molar refractivity (Wildman–Crippen MR) is 108 cm³/mol. The van der Waals surface area contributed by atoms with Crippen LogP contribution in [0.2, 0.25) is 0 Å². The Hall–Kier alpha value is -2.60. The second-order valence-corrected chi connectivity index (χ2v) is 7.30. The Morgan fingerprint density at radius 3 is 2.54 bits per heavy atom. The minimum atomic E-state index is -0.103. The van der Waals surface area contributed by atoms with Crippen molar-refractivity contribution in [2.24, 2.45) is 0 Å². The number of ether oxygens (including phenoxy) is 1. The largest absolute Gasteiger partial charge is 0.383 e. The molecule has 3 rings (SSSR count). The lowest BCUT2D eigenvalue weighted by atomic mass is 10.2. The molecule has 0 saturated heterocycles. The third kappa shape index (κ3) is 5.45. The van der Waals surface area contributed by atoms with Gasteiger partial charge in [0.15, 0.2) is 0 Å². The lowest BCUT2D eigenvalue weighted by Crippen LogP contribution is -2.44. The highest BCUT2D eigenvalue weighted by molar-refractivity contribution is 5.84. The Labute approximate surface area is 166 Å². The quantitative estimate of drug-likeness (QED) is 0.634. The number of carbonyl (C=O) groups is 2. The van der Waals surface area contributed by atoms with Crippen LogP contribution in [0.3, 0.4) is 0 Å². The fourth-order valence-corrected chi connectivity index (χ4v) is 3.31. The minimum absolute atomic E-state index is 0.00117. The summed E-state index contributed by atoms with van der Waals surface area (Å²) in [4.78, 5) is 28.3. The fraction of sp³-hybridized carbons (Fsp3) is 0.455. The van der Waals surface area contributed by atoms with Crippen LogP contribution >= 0.6 is 0 Å². The Balaban J connectivity index is 1.68. The van der Waals surface area contributed by atoms with E-state index in [4.69, 9.17) is 4.74 Å². The molecular formula is C22H29N3O3. The molecule has 6 heteroatoms. The van der Waals surface area contributed by atoms with Crippen LogP contribution < -0.4 is 0 Å². The molecule has 28 heavy (non-hydrogen) atoms. The van der Waals surface area contributed by atoms with Gasteiger partial charge in [-0.1, -0.05) is 30.3 Å². The summed E-state index contributed by atoms with van der Waals surface area (Å²) in [5, 5.41) is 0. The molecule has 1 aliphatic carbocycles. The fourth-order valence-electron chi connectivity index (χ4n) is 3.31. The molecule has 1 saturated carbocycles. The van der Waals surface area contributed by atoms with Crippen LogP contribution in [-0.2, 0) is 27.4 Å². The van der Waals surface area contributed by atoms with E-state index < -0.39 is 0 Å². The van der Waals surface area contributed by atoms with Crippen LogP contribution in [0.25, 0.3) is 0 Å². The van der Waals surface area contributed by atoms with E-state index in [9.17, 15) is 9.59 Å². The van der Waals surface area contributed by atoms with Gasteiger partial charge in [0, 0.05) is 45.1 Å². The first-order valence-electron chi connectivity index (χ1n) is 9.80. The van der Waals surface area contributed by atoms with Crippen molar-refractivity contribution in [1.82, 2.24) is 14.4 Å². The van der Waals surface area contributed by atoms with E-state index in [1.807, 2.05) is 29.2 Å². The van der Waals surface area contributed by atoms with E-state index in [2.05, 4.69) is 29.0 Å². The van der Waals surface area contributed by atoms with E-state index in [-0.39, 0.29) is 24.4 Å². The standard InChI is InChI=1S/C22H29N3O3/c1-18(26)23(13-14-28-2)17-22(27)25(20-10-11-20)16-21-9-6-12-24(21)15-19-7-4-3-5-8-19/h3-9,12,20H,10-11,13-17H2,1-2H3. The Kier molecular flexibility index (Phi) is 6.87. The summed E-state index contributed by atoms with van der Waals surface area (Å²) in [6.07, 6.45) is 4.12. The van der Waals surface area contributed by atoms with E-state index in [0.717, 1.165) is 25.1 Å². The maximum atomic E-state index is 13.0. The Morgan fingerprint density at radius 1 is 1.14 bits per heavy atom. The first-order valence-corrected chi connectivity index (χ1v) is 9.80. The van der Waals surface area contributed by atoms with E-state index in [0.29, 0.717) is 19.7 Å². The molecule has 1 heterocycles. The number of amides is 2. The molecule has 6 nitrogen and oxygen atoms in total. The number of benzene rings is 1. The van der Waals surface area contributed by atoms with Gasteiger partial charge in [-0.3, -0.25) is 9.59 Å². The molecule has 0 bridgehead atoms. The van der Waals surface area contributed by atoms with Crippen LogP contribution in [0.1, 0.15) is 31.0 Å².